The number of allylic oxidation sites excluding steroid dienone is 2. The Morgan fingerprint density at radius 3 is 2.54 bits per heavy atom. The number of hydrogen-bond acceptors (Lipinski definition) is 3. The van der Waals surface area contributed by atoms with Gasteiger partial charge in [-0.3, -0.25) is 0 Å². The van der Waals surface area contributed by atoms with Gasteiger partial charge in [-0.05, 0) is 36.3 Å². The van der Waals surface area contributed by atoms with Gasteiger partial charge >= 0.3 is 6.18 Å². The highest BCUT2D eigenvalue weighted by molar-refractivity contribution is 5.31. The van der Waals surface area contributed by atoms with E-state index in [0.29, 0.717) is 24.5 Å². The molecule has 3 unspecified atom stereocenters. The molecule has 4 nitrogen and oxygen atoms in total. The normalized spacial score (nSPS) is 31.7. The molecule has 1 aromatic rings. The lowest BCUT2D eigenvalue weighted by Gasteiger charge is -2.52. The molecule has 0 aliphatic heterocycles. The van der Waals surface area contributed by atoms with Gasteiger partial charge in [0.25, 0.3) is 0 Å². The first-order valence-corrected chi connectivity index (χ1v) is 9.41. The Balaban J connectivity index is 1.89. The summed E-state index contributed by atoms with van der Waals surface area (Å²) in [6, 6.07) is 1.70. The predicted molar refractivity (Wildman–Crippen MR) is 103 cm³/mol. The third-order valence-corrected chi connectivity index (χ3v) is 6.79. The molecular weight excluding hydrogens is 367 g/mol. The minimum absolute atomic E-state index is 0.134. The van der Waals surface area contributed by atoms with Gasteiger partial charge in [0, 0.05) is 12.6 Å². The van der Waals surface area contributed by atoms with Crippen LogP contribution in [0.5, 0.6) is 5.88 Å². The first-order valence-electron chi connectivity index (χ1n) is 9.41. The van der Waals surface area contributed by atoms with Gasteiger partial charge in [-0.25, -0.2) is 4.68 Å². The van der Waals surface area contributed by atoms with Crippen molar-refractivity contribution in [1.82, 2.24) is 15.1 Å². The van der Waals surface area contributed by atoms with E-state index < -0.39 is 17.0 Å². The van der Waals surface area contributed by atoms with Crippen LogP contribution in [-0.4, -0.2) is 29.6 Å². The fraction of sp³-hybridized carbons (Fsp3) is 0.571. The van der Waals surface area contributed by atoms with E-state index in [2.05, 4.69) is 23.6 Å². The van der Waals surface area contributed by atoms with E-state index in [-0.39, 0.29) is 25.0 Å². The van der Waals surface area contributed by atoms with Crippen LogP contribution < -0.4 is 10.1 Å². The molecule has 0 amide bonds. The van der Waals surface area contributed by atoms with Crippen molar-refractivity contribution in [2.75, 3.05) is 13.7 Å². The lowest BCUT2D eigenvalue weighted by molar-refractivity contribution is -0.294. The zero-order valence-electron chi connectivity index (χ0n) is 16.7. The van der Waals surface area contributed by atoms with Crippen LogP contribution in [0, 0.1) is 16.2 Å². The molecule has 1 heterocycles. The van der Waals surface area contributed by atoms with Crippen LogP contribution >= 0.6 is 0 Å². The van der Waals surface area contributed by atoms with E-state index in [1.807, 2.05) is 6.92 Å². The molecule has 2 saturated carbocycles. The van der Waals surface area contributed by atoms with Crippen molar-refractivity contribution in [3.63, 3.8) is 0 Å². The molecule has 1 aromatic heterocycles. The summed E-state index contributed by atoms with van der Waals surface area (Å²) < 4.78 is 49.7. The van der Waals surface area contributed by atoms with Gasteiger partial charge < -0.3 is 10.1 Å². The monoisotopic (exact) mass is 395 g/mol. The quantitative estimate of drug-likeness (QED) is 0.619. The van der Waals surface area contributed by atoms with Gasteiger partial charge in [-0.15, -0.1) is 0 Å². The number of aromatic nitrogens is 2. The van der Waals surface area contributed by atoms with Crippen molar-refractivity contribution in [1.29, 1.82) is 0 Å². The average Bonchev–Trinajstić information content (AvgIpc) is 2.90. The number of alkyl halides is 3. The van der Waals surface area contributed by atoms with Crippen molar-refractivity contribution in [3.05, 3.63) is 48.7 Å². The van der Waals surface area contributed by atoms with E-state index in [0.717, 1.165) is 5.57 Å². The molecule has 3 atom stereocenters. The van der Waals surface area contributed by atoms with Crippen molar-refractivity contribution >= 4 is 0 Å². The van der Waals surface area contributed by atoms with Gasteiger partial charge in [0.1, 0.15) is 6.61 Å². The van der Waals surface area contributed by atoms with E-state index in [1.165, 1.54) is 4.68 Å². The fourth-order valence-electron chi connectivity index (χ4n) is 4.91. The number of hydrogen-bond donors (Lipinski definition) is 1. The summed E-state index contributed by atoms with van der Waals surface area (Å²) >= 11 is 0. The molecule has 0 aromatic carbocycles. The van der Waals surface area contributed by atoms with Gasteiger partial charge in [0.2, 0.25) is 5.88 Å². The minimum Gasteiger partial charge on any atom is -0.473 e. The molecule has 154 valence electrons. The molecule has 28 heavy (non-hydrogen) atoms. The standard InChI is InChI=1S/C21H28F3N3O/c1-6-8-15(7-2)11-28-17-9-16(10-25-5)26-27(17)14-20(21(22,23)24)13-18(3)12-19(18,20)4/h6-9,25H,1-2,10-14H2,3-5H3/b15-8+. The molecule has 0 bridgehead atoms. The van der Waals surface area contributed by atoms with E-state index >= 15 is 0 Å². The summed E-state index contributed by atoms with van der Waals surface area (Å²) in [6.07, 6.45) is 1.45. The molecule has 2 fully saturated rings. The van der Waals surface area contributed by atoms with Crippen molar-refractivity contribution in [3.8, 4) is 5.88 Å². The maximum Gasteiger partial charge on any atom is 0.396 e. The van der Waals surface area contributed by atoms with Crippen molar-refractivity contribution < 1.29 is 17.9 Å². The Labute approximate surface area is 164 Å². The number of halogens is 3. The summed E-state index contributed by atoms with van der Waals surface area (Å²) in [4.78, 5) is 0. The lowest BCUT2D eigenvalue weighted by atomic mass is 9.54. The number of nitrogens with one attached hydrogen (secondary N) is 1. The summed E-state index contributed by atoms with van der Waals surface area (Å²) in [5.74, 6) is 0.337. The second kappa shape index (κ2) is 6.79. The van der Waals surface area contributed by atoms with Crippen molar-refractivity contribution in [2.24, 2.45) is 16.2 Å². The Bertz CT molecular complexity index is 812. The molecule has 0 radical (unpaired) electrons. The zero-order valence-corrected chi connectivity index (χ0v) is 16.7. The molecule has 2 aliphatic carbocycles. The van der Waals surface area contributed by atoms with Gasteiger partial charge in [-0.1, -0.05) is 45.2 Å². The van der Waals surface area contributed by atoms with Crippen molar-refractivity contribution in [2.45, 2.75) is 46.0 Å². The maximum atomic E-state index is 14.2. The first kappa shape index (κ1) is 20.7. The SMILES string of the molecule is C=C/C=C(\C=C)COc1cc(CNC)nn1CC1(C(F)(F)F)CC2(C)CC21C. The number of fused-ring (bicyclic) bond motifs is 1. The highest BCUT2D eigenvalue weighted by atomic mass is 19.4. The fourth-order valence-corrected chi connectivity index (χ4v) is 4.91. The van der Waals surface area contributed by atoms with Crippen LogP contribution in [0.2, 0.25) is 0 Å². The summed E-state index contributed by atoms with van der Waals surface area (Å²) in [6.45, 7) is 11.5. The van der Waals surface area contributed by atoms with Crippen LogP contribution in [0.1, 0.15) is 32.4 Å². The van der Waals surface area contributed by atoms with Gasteiger partial charge in [0.05, 0.1) is 17.7 Å². The second-order valence-corrected chi connectivity index (χ2v) is 8.46. The van der Waals surface area contributed by atoms with E-state index in [9.17, 15) is 13.2 Å². The van der Waals surface area contributed by atoms with Gasteiger partial charge in [0.15, 0.2) is 0 Å². The summed E-state index contributed by atoms with van der Waals surface area (Å²) in [5, 5.41) is 7.38. The Hall–Kier alpha value is -2.02. The van der Waals surface area contributed by atoms with Crippen LogP contribution in [0.4, 0.5) is 13.2 Å². The molecule has 0 saturated heterocycles. The molecule has 0 spiro atoms. The van der Waals surface area contributed by atoms with Crippen LogP contribution in [0.15, 0.2) is 43.0 Å². The Morgan fingerprint density at radius 1 is 1.36 bits per heavy atom. The summed E-state index contributed by atoms with van der Waals surface area (Å²) in [7, 11) is 1.77. The van der Waals surface area contributed by atoms with Gasteiger partial charge in [-0.2, -0.15) is 18.3 Å². The second-order valence-electron chi connectivity index (χ2n) is 8.46. The number of rotatable bonds is 9. The molecular formula is C21H28F3N3O. The van der Waals surface area contributed by atoms with Crippen LogP contribution in [0.25, 0.3) is 0 Å². The van der Waals surface area contributed by atoms with Crippen LogP contribution in [-0.2, 0) is 13.1 Å². The molecule has 1 N–H and O–H groups in total. The first-order chi connectivity index (χ1) is 13.1. The zero-order chi connectivity index (χ0) is 20.8. The summed E-state index contributed by atoms with van der Waals surface area (Å²) in [5.41, 5.74) is -1.29. The predicted octanol–water partition coefficient (Wildman–Crippen LogP) is 4.65. The lowest BCUT2D eigenvalue weighted by Crippen LogP contribution is -2.57. The minimum atomic E-state index is -4.29. The van der Waals surface area contributed by atoms with Crippen LogP contribution in [0.3, 0.4) is 0 Å². The Morgan fingerprint density at radius 2 is 2.07 bits per heavy atom. The van der Waals surface area contributed by atoms with E-state index in [4.69, 9.17) is 4.74 Å². The number of ether oxygens (including phenoxy) is 1. The molecule has 2 aliphatic rings. The average molecular weight is 395 g/mol. The highest BCUT2D eigenvalue weighted by Gasteiger charge is 2.87. The maximum absolute atomic E-state index is 14.2. The van der Waals surface area contributed by atoms with E-state index in [1.54, 1.807) is 38.3 Å². The molecule has 3 rings (SSSR count). The topological polar surface area (TPSA) is 39.1 Å². The molecule has 7 heteroatoms. The smallest absolute Gasteiger partial charge is 0.396 e. The largest absolute Gasteiger partial charge is 0.473 e. The number of nitrogens with zero attached hydrogens (tertiary/aromatic N) is 2. The third kappa shape index (κ3) is 3.00. The third-order valence-electron chi connectivity index (χ3n) is 6.79. The Kier molecular flexibility index (Phi) is 5.02. The highest BCUT2D eigenvalue weighted by Crippen LogP contribution is 2.88.